The summed E-state index contributed by atoms with van der Waals surface area (Å²) in [7, 11) is 1.68. The van der Waals surface area contributed by atoms with E-state index in [9.17, 15) is 4.79 Å². The second-order valence-corrected chi connectivity index (χ2v) is 2.98. The number of nitrogens with one attached hydrogen (secondary N) is 1. The molecule has 0 amide bonds. The third-order valence-corrected chi connectivity index (χ3v) is 1.72. The average Bonchev–Trinajstić information content (AvgIpc) is 2.47. The van der Waals surface area contributed by atoms with Crippen LogP contribution in [0.1, 0.15) is 23.8 Å². The second-order valence-electron chi connectivity index (χ2n) is 2.98. The zero-order valence-corrected chi connectivity index (χ0v) is 8.28. The highest BCUT2D eigenvalue weighted by atomic mass is 16.6. The molecule has 0 saturated carbocycles. The van der Waals surface area contributed by atoms with Crippen molar-refractivity contribution >= 4 is 11.7 Å². The Morgan fingerprint density at radius 3 is 2.93 bits per heavy atom. The van der Waals surface area contributed by atoms with Crippen LogP contribution in [0, 0.1) is 0 Å². The van der Waals surface area contributed by atoms with Gasteiger partial charge in [-0.1, -0.05) is 6.92 Å². The maximum Gasteiger partial charge on any atom is 0.352 e. The summed E-state index contributed by atoms with van der Waals surface area (Å²) in [5.41, 5.74) is 3.56. The minimum Gasteiger partial charge on any atom is -0.477 e. The third kappa shape index (κ3) is 2.50. The minimum atomic E-state index is -0.948. The fourth-order valence-corrected chi connectivity index (χ4v) is 1.07. The molecule has 1 rings (SSSR count). The largest absolute Gasteiger partial charge is 0.477 e. The van der Waals surface area contributed by atoms with Gasteiger partial charge >= 0.3 is 5.97 Å². The molecule has 2 N–H and O–H groups in total. The van der Waals surface area contributed by atoms with Crippen molar-refractivity contribution in [1.82, 2.24) is 4.57 Å². The highest BCUT2D eigenvalue weighted by Gasteiger charge is 2.09. The van der Waals surface area contributed by atoms with Gasteiger partial charge in [-0.25, -0.2) is 4.79 Å². The smallest absolute Gasteiger partial charge is 0.352 e. The third-order valence-electron chi connectivity index (χ3n) is 1.72. The van der Waals surface area contributed by atoms with Gasteiger partial charge in [-0.05, 0) is 12.5 Å². The molecule has 1 heterocycles. The molecule has 1 aromatic rings. The predicted molar refractivity (Wildman–Crippen MR) is 52.2 cm³/mol. The van der Waals surface area contributed by atoms with Crippen LogP contribution in [0.25, 0.3) is 0 Å². The summed E-state index contributed by atoms with van der Waals surface area (Å²) >= 11 is 0. The van der Waals surface area contributed by atoms with E-state index < -0.39 is 5.97 Å². The van der Waals surface area contributed by atoms with Gasteiger partial charge < -0.3 is 9.67 Å². The highest BCUT2D eigenvalue weighted by molar-refractivity contribution is 5.87. The molecular formula is C9H14N2O3. The lowest BCUT2D eigenvalue weighted by molar-refractivity contribution is 0.0686. The van der Waals surface area contributed by atoms with E-state index >= 15 is 0 Å². The highest BCUT2D eigenvalue weighted by Crippen LogP contribution is 2.12. The maximum atomic E-state index is 10.7. The molecule has 0 radical (unpaired) electrons. The van der Waals surface area contributed by atoms with E-state index in [1.807, 2.05) is 6.92 Å². The minimum absolute atomic E-state index is 0.229. The normalized spacial score (nSPS) is 10.1. The Balaban J connectivity index is 2.62. The number of hydrogen-bond donors (Lipinski definition) is 2. The summed E-state index contributed by atoms with van der Waals surface area (Å²) in [6, 6.07) is 1.53. The lowest BCUT2D eigenvalue weighted by atomic mass is 10.4. The van der Waals surface area contributed by atoms with Crippen molar-refractivity contribution in [3.63, 3.8) is 0 Å². The van der Waals surface area contributed by atoms with Crippen LogP contribution in [-0.4, -0.2) is 22.2 Å². The fourth-order valence-electron chi connectivity index (χ4n) is 1.07. The van der Waals surface area contributed by atoms with E-state index in [1.54, 1.807) is 13.2 Å². The number of hydrogen-bond acceptors (Lipinski definition) is 3. The van der Waals surface area contributed by atoms with Crippen molar-refractivity contribution in [3.05, 3.63) is 18.0 Å². The Bertz CT molecular complexity index is 320. The van der Waals surface area contributed by atoms with Crippen molar-refractivity contribution in [2.45, 2.75) is 13.3 Å². The number of aromatic carboxylic acids is 1. The monoisotopic (exact) mass is 198 g/mol. The maximum absolute atomic E-state index is 10.7. The SMILES string of the molecule is CCCONc1cc(C(=O)O)n(C)c1. The van der Waals surface area contributed by atoms with Crippen LogP contribution in [0.5, 0.6) is 0 Å². The van der Waals surface area contributed by atoms with Crippen LogP contribution in [-0.2, 0) is 11.9 Å². The number of nitrogens with zero attached hydrogens (tertiary/aromatic N) is 1. The zero-order chi connectivity index (χ0) is 10.6. The van der Waals surface area contributed by atoms with Crippen LogP contribution in [0.15, 0.2) is 12.3 Å². The first-order chi connectivity index (χ1) is 6.65. The molecule has 0 bridgehead atoms. The number of rotatable bonds is 5. The summed E-state index contributed by atoms with van der Waals surface area (Å²) < 4.78 is 1.53. The Labute approximate surface area is 82.2 Å². The average molecular weight is 198 g/mol. The van der Waals surface area contributed by atoms with Gasteiger partial charge in [0.2, 0.25) is 0 Å². The number of aromatic nitrogens is 1. The molecule has 0 fully saturated rings. The van der Waals surface area contributed by atoms with E-state index in [2.05, 4.69) is 5.48 Å². The van der Waals surface area contributed by atoms with E-state index in [-0.39, 0.29) is 5.69 Å². The molecule has 0 saturated heterocycles. The molecule has 0 unspecified atom stereocenters. The van der Waals surface area contributed by atoms with Crippen LogP contribution in [0.4, 0.5) is 5.69 Å². The Hall–Kier alpha value is -1.49. The van der Waals surface area contributed by atoms with E-state index in [4.69, 9.17) is 9.94 Å². The Morgan fingerprint density at radius 2 is 2.43 bits per heavy atom. The predicted octanol–water partition coefficient (Wildman–Crippen LogP) is 1.48. The van der Waals surface area contributed by atoms with Gasteiger partial charge in [0.25, 0.3) is 0 Å². The molecular weight excluding hydrogens is 184 g/mol. The number of carbonyl (C=O) groups is 1. The van der Waals surface area contributed by atoms with Crippen LogP contribution in [0.2, 0.25) is 0 Å². The molecule has 1 aromatic heterocycles. The van der Waals surface area contributed by atoms with E-state index in [1.165, 1.54) is 10.6 Å². The van der Waals surface area contributed by atoms with E-state index in [0.29, 0.717) is 12.3 Å². The van der Waals surface area contributed by atoms with Gasteiger partial charge in [-0.2, -0.15) is 0 Å². The summed E-state index contributed by atoms with van der Waals surface area (Å²) in [4.78, 5) is 15.7. The van der Waals surface area contributed by atoms with Crippen molar-refractivity contribution in [2.24, 2.45) is 7.05 Å². The molecule has 0 aliphatic heterocycles. The van der Waals surface area contributed by atoms with Gasteiger partial charge in [0, 0.05) is 13.2 Å². The molecule has 0 aliphatic rings. The molecule has 0 aromatic carbocycles. The first-order valence-electron chi connectivity index (χ1n) is 4.42. The zero-order valence-electron chi connectivity index (χ0n) is 8.28. The summed E-state index contributed by atoms with van der Waals surface area (Å²) in [5.74, 6) is -0.948. The van der Waals surface area contributed by atoms with Gasteiger partial charge in [-0.3, -0.25) is 10.3 Å². The lowest BCUT2D eigenvalue weighted by Crippen LogP contribution is -2.02. The van der Waals surface area contributed by atoms with E-state index in [0.717, 1.165) is 6.42 Å². The Kier molecular flexibility index (Phi) is 3.53. The molecule has 0 atom stereocenters. The number of carboxylic acid groups (broad SMARTS) is 1. The number of aryl methyl sites for hydroxylation is 1. The van der Waals surface area contributed by atoms with Gasteiger partial charge in [0.05, 0.1) is 12.3 Å². The quantitative estimate of drug-likeness (QED) is 0.555. The fraction of sp³-hybridized carbons (Fsp3) is 0.444. The summed E-state index contributed by atoms with van der Waals surface area (Å²) in [6.45, 7) is 2.59. The first-order valence-corrected chi connectivity index (χ1v) is 4.42. The second kappa shape index (κ2) is 4.66. The molecule has 5 nitrogen and oxygen atoms in total. The molecule has 0 spiro atoms. The molecule has 78 valence electrons. The molecule has 5 heteroatoms. The van der Waals surface area contributed by atoms with Crippen LogP contribution in [0.3, 0.4) is 0 Å². The standard InChI is InChI=1S/C9H14N2O3/c1-3-4-14-10-7-5-8(9(12)13)11(2)6-7/h5-6,10H,3-4H2,1-2H3,(H,12,13). The number of carboxylic acids is 1. The first kappa shape index (κ1) is 10.6. The summed E-state index contributed by atoms with van der Waals surface area (Å²) in [6.07, 6.45) is 2.57. The van der Waals surface area contributed by atoms with Crippen molar-refractivity contribution < 1.29 is 14.7 Å². The lowest BCUT2D eigenvalue weighted by Gasteiger charge is -2.01. The van der Waals surface area contributed by atoms with Gasteiger partial charge in [-0.15, -0.1) is 0 Å². The Morgan fingerprint density at radius 1 is 1.71 bits per heavy atom. The van der Waals surface area contributed by atoms with Gasteiger partial charge in [0.15, 0.2) is 0 Å². The number of anilines is 1. The van der Waals surface area contributed by atoms with Crippen LogP contribution < -0.4 is 5.48 Å². The van der Waals surface area contributed by atoms with Crippen molar-refractivity contribution in [1.29, 1.82) is 0 Å². The van der Waals surface area contributed by atoms with Crippen molar-refractivity contribution in [3.8, 4) is 0 Å². The van der Waals surface area contributed by atoms with Crippen LogP contribution >= 0.6 is 0 Å². The molecule has 14 heavy (non-hydrogen) atoms. The van der Waals surface area contributed by atoms with Crippen molar-refractivity contribution in [2.75, 3.05) is 12.1 Å². The summed E-state index contributed by atoms with van der Waals surface area (Å²) in [5, 5.41) is 8.76. The molecule has 0 aliphatic carbocycles. The van der Waals surface area contributed by atoms with Gasteiger partial charge in [0.1, 0.15) is 5.69 Å². The topological polar surface area (TPSA) is 63.5 Å².